The van der Waals surface area contributed by atoms with E-state index in [0.29, 0.717) is 0 Å². The smallest absolute Gasteiger partial charge is 0.317 e. The van der Waals surface area contributed by atoms with Crippen molar-refractivity contribution < 1.29 is 4.79 Å². The van der Waals surface area contributed by atoms with Gasteiger partial charge in [0.15, 0.2) is 5.65 Å². The molecule has 1 N–H and O–H groups in total. The van der Waals surface area contributed by atoms with Crippen LogP contribution in [0.1, 0.15) is 38.9 Å². The number of nitrogens with one attached hydrogen (secondary N) is 1. The van der Waals surface area contributed by atoms with E-state index in [1.165, 1.54) is 0 Å². The first-order valence-corrected chi connectivity index (χ1v) is 7.96. The van der Waals surface area contributed by atoms with Crippen LogP contribution >= 0.6 is 0 Å². The molecule has 0 aliphatic carbocycles. The third-order valence-electron chi connectivity index (χ3n) is 4.10. The summed E-state index contributed by atoms with van der Waals surface area (Å²) in [6.07, 6.45) is 2.76. The number of nitrogens with zero attached hydrogens (tertiary/aromatic N) is 4. The van der Waals surface area contributed by atoms with Crippen LogP contribution in [-0.2, 0) is 6.54 Å². The van der Waals surface area contributed by atoms with Gasteiger partial charge in [-0.1, -0.05) is 0 Å². The number of rotatable bonds is 3. The molecule has 1 aliphatic rings. The third-order valence-corrected chi connectivity index (χ3v) is 4.10. The number of pyridine rings is 1. The zero-order chi connectivity index (χ0) is 15.7. The average molecular weight is 301 g/mol. The van der Waals surface area contributed by atoms with E-state index in [4.69, 9.17) is 4.98 Å². The van der Waals surface area contributed by atoms with Crippen LogP contribution in [0.3, 0.4) is 0 Å². The van der Waals surface area contributed by atoms with Gasteiger partial charge in [0.05, 0.1) is 0 Å². The molecule has 0 spiro atoms. The quantitative estimate of drug-likeness (QED) is 0.946. The zero-order valence-electron chi connectivity index (χ0n) is 13.4. The van der Waals surface area contributed by atoms with E-state index in [9.17, 15) is 4.79 Å². The van der Waals surface area contributed by atoms with Gasteiger partial charge >= 0.3 is 6.03 Å². The van der Waals surface area contributed by atoms with E-state index in [2.05, 4.69) is 21.8 Å². The molecule has 1 fully saturated rings. The molecule has 3 rings (SSSR count). The molecule has 0 aromatic carbocycles. The second-order valence-electron chi connectivity index (χ2n) is 6.10. The van der Waals surface area contributed by atoms with Crippen molar-refractivity contribution in [3.8, 4) is 0 Å². The van der Waals surface area contributed by atoms with Gasteiger partial charge in [0.1, 0.15) is 11.3 Å². The molecule has 6 heteroatoms. The first-order valence-electron chi connectivity index (χ1n) is 7.96. The number of hydrogen-bond donors (Lipinski definition) is 1. The van der Waals surface area contributed by atoms with Crippen LogP contribution in [-0.4, -0.2) is 44.6 Å². The van der Waals surface area contributed by atoms with Crippen molar-refractivity contribution >= 4 is 17.2 Å². The normalized spacial score (nSPS) is 18.4. The molecule has 22 heavy (non-hydrogen) atoms. The zero-order valence-corrected chi connectivity index (χ0v) is 13.4. The molecular formula is C16H23N5O. The summed E-state index contributed by atoms with van der Waals surface area (Å²) in [6, 6.07) is 4.09. The van der Waals surface area contributed by atoms with Gasteiger partial charge in [0, 0.05) is 37.8 Å². The molecule has 2 amide bonds. The van der Waals surface area contributed by atoms with E-state index in [0.717, 1.165) is 43.0 Å². The molecule has 0 unspecified atom stereocenters. The SMILES string of the molecule is CCn1c([C@H]2CCN(C(=O)NC(C)C)C2)nc2cccnc21. The summed E-state index contributed by atoms with van der Waals surface area (Å²) < 4.78 is 2.17. The van der Waals surface area contributed by atoms with Crippen molar-refractivity contribution in [3.63, 3.8) is 0 Å². The Bertz CT molecular complexity index is 678. The number of carbonyl (C=O) groups excluding carboxylic acids is 1. The maximum absolute atomic E-state index is 12.1. The lowest BCUT2D eigenvalue weighted by Gasteiger charge is -2.19. The predicted octanol–water partition coefficient (Wildman–Crippen LogP) is 2.36. The number of imidazole rings is 1. The summed E-state index contributed by atoms with van der Waals surface area (Å²) >= 11 is 0. The first-order chi connectivity index (χ1) is 10.6. The Balaban J connectivity index is 1.82. The Morgan fingerprint density at radius 3 is 3.05 bits per heavy atom. The standard InChI is InChI=1S/C16H23N5O/c1-4-21-14(19-13-6-5-8-17-15(13)21)12-7-9-20(10-12)16(22)18-11(2)3/h5-6,8,11-12H,4,7,9-10H2,1-3H3,(H,18,22)/t12-/m0/s1. The van der Waals surface area contributed by atoms with E-state index in [1.54, 1.807) is 6.20 Å². The van der Waals surface area contributed by atoms with Gasteiger partial charge in [-0.25, -0.2) is 14.8 Å². The van der Waals surface area contributed by atoms with Gasteiger partial charge in [0.2, 0.25) is 0 Å². The summed E-state index contributed by atoms with van der Waals surface area (Å²) in [7, 11) is 0. The van der Waals surface area contributed by atoms with Gasteiger partial charge < -0.3 is 14.8 Å². The van der Waals surface area contributed by atoms with Crippen molar-refractivity contribution in [2.24, 2.45) is 0 Å². The van der Waals surface area contributed by atoms with Crippen molar-refractivity contribution in [2.75, 3.05) is 13.1 Å². The van der Waals surface area contributed by atoms with E-state index < -0.39 is 0 Å². The van der Waals surface area contributed by atoms with Crippen LogP contribution in [0.15, 0.2) is 18.3 Å². The van der Waals surface area contributed by atoms with Gasteiger partial charge in [-0.2, -0.15) is 0 Å². The highest BCUT2D eigenvalue weighted by Gasteiger charge is 2.31. The lowest BCUT2D eigenvalue weighted by Crippen LogP contribution is -2.41. The largest absolute Gasteiger partial charge is 0.336 e. The predicted molar refractivity (Wildman–Crippen MR) is 85.8 cm³/mol. The minimum absolute atomic E-state index is 0.0229. The Labute approximate surface area is 130 Å². The van der Waals surface area contributed by atoms with Gasteiger partial charge in [-0.15, -0.1) is 0 Å². The number of carbonyl (C=O) groups is 1. The molecular weight excluding hydrogens is 278 g/mol. The molecule has 2 aromatic rings. The lowest BCUT2D eigenvalue weighted by atomic mass is 10.1. The number of urea groups is 1. The number of hydrogen-bond acceptors (Lipinski definition) is 3. The van der Waals surface area contributed by atoms with Crippen molar-refractivity contribution in [2.45, 2.75) is 45.7 Å². The maximum Gasteiger partial charge on any atom is 0.317 e. The van der Waals surface area contributed by atoms with Crippen LogP contribution in [0.2, 0.25) is 0 Å². The van der Waals surface area contributed by atoms with Gasteiger partial charge in [-0.05, 0) is 39.3 Å². The highest BCUT2D eigenvalue weighted by Crippen LogP contribution is 2.28. The fourth-order valence-corrected chi connectivity index (χ4v) is 3.09. The van der Waals surface area contributed by atoms with Gasteiger partial charge in [-0.3, -0.25) is 0 Å². The number of amides is 2. The molecule has 6 nitrogen and oxygen atoms in total. The molecule has 0 saturated carbocycles. The van der Waals surface area contributed by atoms with Crippen LogP contribution in [0.25, 0.3) is 11.2 Å². The monoisotopic (exact) mass is 301 g/mol. The molecule has 3 heterocycles. The molecule has 0 radical (unpaired) electrons. The van der Waals surface area contributed by atoms with Crippen molar-refractivity contribution in [3.05, 3.63) is 24.2 Å². The van der Waals surface area contributed by atoms with Crippen molar-refractivity contribution in [1.82, 2.24) is 24.8 Å². The Hall–Kier alpha value is -2.11. The highest BCUT2D eigenvalue weighted by atomic mass is 16.2. The molecule has 1 saturated heterocycles. The van der Waals surface area contributed by atoms with Crippen LogP contribution in [0.4, 0.5) is 4.79 Å². The third kappa shape index (κ3) is 2.65. The number of likely N-dealkylation sites (tertiary alicyclic amines) is 1. The number of aryl methyl sites for hydroxylation is 1. The molecule has 1 aliphatic heterocycles. The number of fused-ring (bicyclic) bond motifs is 1. The lowest BCUT2D eigenvalue weighted by molar-refractivity contribution is 0.205. The van der Waals surface area contributed by atoms with Crippen LogP contribution < -0.4 is 5.32 Å². The van der Waals surface area contributed by atoms with E-state index in [-0.39, 0.29) is 18.0 Å². The molecule has 1 atom stereocenters. The van der Waals surface area contributed by atoms with E-state index >= 15 is 0 Å². The fourth-order valence-electron chi connectivity index (χ4n) is 3.09. The van der Waals surface area contributed by atoms with Crippen molar-refractivity contribution in [1.29, 1.82) is 0 Å². The van der Waals surface area contributed by atoms with Crippen LogP contribution in [0.5, 0.6) is 0 Å². The summed E-state index contributed by atoms with van der Waals surface area (Å²) in [5.74, 6) is 1.34. The average Bonchev–Trinajstić information content (AvgIpc) is 3.10. The van der Waals surface area contributed by atoms with Crippen LogP contribution in [0, 0.1) is 0 Å². The summed E-state index contributed by atoms with van der Waals surface area (Å²) in [5, 5.41) is 2.96. The Morgan fingerprint density at radius 2 is 2.32 bits per heavy atom. The summed E-state index contributed by atoms with van der Waals surface area (Å²) in [5.41, 5.74) is 1.87. The summed E-state index contributed by atoms with van der Waals surface area (Å²) in [4.78, 5) is 23.2. The first kappa shape index (κ1) is 14.8. The molecule has 0 bridgehead atoms. The summed E-state index contributed by atoms with van der Waals surface area (Å²) in [6.45, 7) is 8.42. The highest BCUT2D eigenvalue weighted by molar-refractivity contribution is 5.75. The maximum atomic E-state index is 12.1. The second kappa shape index (κ2) is 5.94. The van der Waals surface area contributed by atoms with Gasteiger partial charge in [0.25, 0.3) is 0 Å². The van der Waals surface area contributed by atoms with E-state index in [1.807, 2.05) is 30.9 Å². The fraction of sp³-hybridized carbons (Fsp3) is 0.562. The Morgan fingerprint density at radius 1 is 1.50 bits per heavy atom. The topological polar surface area (TPSA) is 63.1 Å². The number of aromatic nitrogens is 3. The molecule has 118 valence electrons. The Kier molecular flexibility index (Phi) is 4.00. The minimum atomic E-state index is 0.0229. The molecule has 2 aromatic heterocycles. The minimum Gasteiger partial charge on any atom is -0.336 e. The second-order valence-corrected chi connectivity index (χ2v) is 6.10.